The van der Waals surface area contributed by atoms with Gasteiger partial charge in [0.25, 0.3) is 5.91 Å². The fourth-order valence-corrected chi connectivity index (χ4v) is 5.58. The third-order valence-electron chi connectivity index (χ3n) is 7.52. The van der Waals surface area contributed by atoms with E-state index >= 15 is 0 Å². The molecule has 39 heavy (non-hydrogen) atoms. The van der Waals surface area contributed by atoms with E-state index in [1.807, 2.05) is 92.7 Å². The number of carbonyl (C=O) groups is 3. The Balaban J connectivity index is 1.76. The minimum atomic E-state index is -0.904. The topological polar surface area (TPSA) is 92.5 Å². The van der Waals surface area contributed by atoms with Crippen molar-refractivity contribution in [3.63, 3.8) is 0 Å². The van der Waals surface area contributed by atoms with E-state index in [1.54, 1.807) is 4.90 Å². The number of benzene rings is 3. The van der Waals surface area contributed by atoms with Crippen LogP contribution in [0.3, 0.4) is 0 Å². The van der Waals surface area contributed by atoms with E-state index in [0.717, 1.165) is 40.8 Å². The van der Waals surface area contributed by atoms with Crippen molar-refractivity contribution in [2.24, 2.45) is 23.5 Å². The Hall–Kier alpha value is -3.93. The van der Waals surface area contributed by atoms with Crippen LogP contribution in [0.4, 0.5) is 5.69 Å². The Morgan fingerprint density at radius 1 is 0.897 bits per heavy atom. The van der Waals surface area contributed by atoms with Crippen LogP contribution in [0.15, 0.2) is 78.9 Å². The standard InChI is InChI=1S/C33H39N3O3/c1-4-5-15-27(31(34)37)28(20-22(2)3)32(38)35-30-26-18-10-9-16-24(26)25-17-11-12-19-29(25)36(33(30)39)21-23-13-7-6-8-14-23/h6-14,16-19,22,27-28,30H,4-5,15,20-21H2,1-3H3,(H2,34,37)(H,35,38)/t27-,28+,30?/m0/s1. The number of fused-ring (bicyclic) bond motifs is 3. The summed E-state index contributed by atoms with van der Waals surface area (Å²) < 4.78 is 0. The first-order valence-electron chi connectivity index (χ1n) is 13.9. The van der Waals surface area contributed by atoms with E-state index in [9.17, 15) is 14.4 Å². The lowest BCUT2D eigenvalue weighted by atomic mass is 9.81. The number of nitrogens with one attached hydrogen (secondary N) is 1. The lowest BCUT2D eigenvalue weighted by Gasteiger charge is -2.30. The molecule has 0 saturated heterocycles. The van der Waals surface area contributed by atoms with Crippen molar-refractivity contribution >= 4 is 23.4 Å². The summed E-state index contributed by atoms with van der Waals surface area (Å²) >= 11 is 0. The van der Waals surface area contributed by atoms with Gasteiger partial charge in [0.15, 0.2) is 0 Å². The largest absolute Gasteiger partial charge is 0.369 e. The van der Waals surface area contributed by atoms with Crippen molar-refractivity contribution in [2.75, 3.05) is 4.90 Å². The Kier molecular flexibility index (Phi) is 9.18. The van der Waals surface area contributed by atoms with Gasteiger partial charge in [-0.1, -0.05) is 106 Å². The van der Waals surface area contributed by atoms with Crippen molar-refractivity contribution in [1.29, 1.82) is 0 Å². The Bertz CT molecular complexity index is 1300. The van der Waals surface area contributed by atoms with Gasteiger partial charge in [0, 0.05) is 17.4 Å². The molecule has 0 spiro atoms. The van der Waals surface area contributed by atoms with Gasteiger partial charge in [0.1, 0.15) is 6.04 Å². The van der Waals surface area contributed by atoms with E-state index in [4.69, 9.17) is 5.73 Å². The summed E-state index contributed by atoms with van der Waals surface area (Å²) in [7, 11) is 0. The van der Waals surface area contributed by atoms with E-state index in [1.165, 1.54) is 0 Å². The number of hydrogen-bond acceptors (Lipinski definition) is 3. The maximum Gasteiger partial charge on any atom is 0.254 e. The summed E-state index contributed by atoms with van der Waals surface area (Å²) in [5.74, 6) is -1.99. The van der Waals surface area contributed by atoms with Gasteiger partial charge in [-0.15, -0.1) is 0 Å². The van der Waals surface area contributed by atoms with Crippen LogP contribution < -0.4 is 16.0 Å². The summed E-state index contributed by atoms with van der Waals surface area (Å²) in [6, 6.07) is 24.5. The summed E-state index contributed by atoms with van der Waals surface area (Å²) in [4.78, 5) is 42.6. The molecule has 6 heteroatoms. The van der Waals surface area contributed by atoms with Gasteiger partial charge in [0.05, 0.1) is 12.2 Å². The van der Waals surface area contributed by atoms with E-state index in [0.29, 0.717) is 19.4 Å². The zero-order valence-corrected chi connectivity index (χ0v) is 23.1. The molecule has 6 nitrogen and oxygen atoms in total. The van der Waals surface area contributed by atoms with E-state index in [2.05, 4.69) is 12.2 Å². The predicted molar refractivity (Wildman–Crippen MR) is 156 cm³/mol. The van der Waals surface area contributed by atoms with Crippen LogP contribution in [-0.4, -0.2) is 17.7 Å². The lowest BCUT2D eigenvalue weighted by molar-refractivity contribution is -0.136. The van der Waals surface area contributed by atoms with E-state index in [-0.39, 0.29) is 17.7 Å². The molecule has 3 amide bonds. The van der Waals surface area contributed by atoms with Crippen LogP contribution in [-0.2, 0) is 20.9 Å². The third kappa shape index (κ3) is 6.39. The lowest BCUT2D eigenvalue weighted by Crippen LogP contribution is -2.47. The number of anilines is 1. The molecule has 1 aliphatic heterocycles. The second kappa shape index (κ2) is 12.7. The van der Waals surface area contributed by atoms with E-state index < -0.39 is 23.8 Å². The van der Waals surface area contributed by atoms with Crippen LogP contribution in [0.2, 0.25) is 0 Å². The molecule has 204 valence electrons. The molecule has 0 fully saturated rings. The highest BCUT2D eigenvalue weighted by Crippen LogP contribution is 2.41. The van der Waals surface area contributed by atoms with Gasteiger partial charge in [-0.05, 0) is 41.5 Å². The fourth-order valence-electron chi connectivity index (χ4n) is 5.58. The molecular weight excluding hydrogens is 486 g/mol. The van der Waals surface area contributed by atoms with Crippen molar-refractivity contribution in [1.82, 2.24) is 5.32 Å². The van der Waals surface area contributed by atoms with Crippen molar-refractivity contribution in [3.8, 4) is 11.1 Å². The zero-order chi connectivity index (χ0) is 27.9. The highest BCUT2D eigenvalue weighted by atomic mass is 16.2. The summed E-state index contributed by atoms with van der Waals surface area (Å²) in [6.07, 6.45) is 2.78. The average Bonchev–Trinajstić information content (AvgIpc) is 3.02. The molecule has 1 aliphatic rings. The molecule has 3 N–H and O–H groups in total. The van der Waals surface area contributed by atoms with Crippen LogP contribution in [0.1, 0.15) is 63.6 Å². The molecule has 1 heterocycles. The normalized spacial score (nSPS) is 16.2. The average molecular weight is 526 g/mol. The van der Waals surface area contributed by atoms with Crippen LogP contribution >= 0.6 is 0 Å². The smallest absolute Gasteiger partial charge is 0.254 e. The maximum absolute atomic E-state index is 14.4. The summed E-state index contributed by atoms with van der Waals surface area (Å²) in [5, 5.41) is 3.09. The monoisotopic (exact) mass is 525 g/mol. The SMILES string of the molecule is CCCC[C@H](C(N)=O)[C@@H](CC(C)C)C(=O)NC1C(=O)N(Cc2ccccc2)c2ccccc2-c2ccccc21. The van der Waals surface area contributed by atoms with Crippen LogP contribution in [0.25, 0.3) is 11.1 Å². The first kappa shape index (κ1) is 28.1. The number of unbranched alkanes of at least 4 members (excludes halogenated alkanes) is 1. The maximum atomic E-state index is 14.4. The second-order valence-electron chi connectivity index (χ2n) is 10.8. The van der Waals surface area contributed by atoms with Crippen molar-refractivity contribution in [3.05, 3.63) is 90.0 Å². The molecule has 0 bridgehead atoms. The molecular formula is C33H39N3O3. The van der Waals surface area contributed by atoms with Gasteiger partial charge in [-0.25, -0.2) is 0 Å². The minimum absolute atomic E-state index is 0.181. The van der Waals surface area contributed by atoms with Gasteiger partial charge < -0.3 is 16.0 Å². The molecule has 3 atom stereocenters. The van der Waals surface area contributed by atoms with Crippen LogP contribution in [0.5, 0.6) is 0 Å². The number of nitrogens with zero attached hydrogens (tertiary/aromatic N) is 1. The number of primary amides is 1. The minimum Gasteiger partial charge on any atom is -0.369 e. The summed E-state index contributed by atoms with van der Waals surface area (Å²) in [5.41, 5.74) is 10.2. The molecule has 0 aliphatic carbocycles. The van der Waals surface area contributed by atoms with Crippen LogP contribution in [0, 0.1) is 17.8 Å². The molecule has 0 aromatic heterocycles. The number of hydrogen-bond donors (Lipinski definition) is 2. The third-order valence-corrected chi connectivity index (χ3v) is 7.52. The van der Waals surface area contributed by atoms with Gasteiger partial charge in [0.2, 0.25) is 11.8 Å². The Morgan fingerprint density at radius 2 is 1.54 bits per heavy atom. The molecule has 3 aromatic rings. The van der Waals surface area contributed by atoms with Gasteiger partial charge in [-0.3, -0.25) is 14.4 Å². The number of amides is 3. The Labute approximate surface area is 231 Å². The number of rotatable bonds is 11. The molecule has 4 rings (SSSR count). The quantitative estimate of drug-likeness (QED) is 0.321. The highest BCUT2D eigenvalue weighted by Gasteiger charge is 2.38. The molecule has 3 aromatic carbocycles. The van der Waals surface area contributed by atoms with Crippen molar-refractivity contribution < 1.29 is 14.4 Å². The fraction of sp³-hybridized carbons (Fsp3) is 0.364. The first-order chi connectivity index (χ1) is 18.8. The Morgan fingerprint density at radius 3 is 2.21 bits per heavy atom. The number of nitrogens with two attached hydrogens (primary N) is 1. The van der Waals surface area contributed by atoms with Gasteiger partial charge in [-0.2, -0.15) is 0 Å². The second-order valence-corrected chi connectivity index (χ2v) is 10.8. The first-order valence-corrected chi connectivity index (χ1v) is 13.9. The summed E-state index contributed by atoms with van der Waals surface area (Å²) in [6.45, 7) is 6.48. The highest BCUT2D eigenvalue weighted by molar-refractivity contribution is 6.06. The van der Waals surface area contributed by atoms with Crippen molar-refractivity contribution in [2.45, 2.75) is 59.0 Å². The van der Waals surface area contributed by atoms with Gasteiger partial charge >= 0.3 is 0 Å². The predicted octanol–water partition coefficient (Wildman–Crippen LogP) is 6.01. The number of para-hydroxylation sites is 1. The molecule has 1 unspecified atom stereocenters. The number of carbonyl (C=O) groups excluding carboxylic acids is 3. The zero-order valence-electron chi connectivity index (χ0n) is 23.1. The molecule has 0 saturated carbocycles. The molecule has 0 radical (unpaired) electrons.